The van der Waals surface area contributed by atoms with Crippen molar-refractivity contribution < 1.29 is 9.90 Å². The lowest BCUT2D eigenvalue weighted by atomic mass is 10.1. The molecule has 0 heterocycles. The summed E-state index contributed by atoms with van der Waals surface area (Å²) in [5.41, 5.74) is 0. The molecule has 0 saturated carbocycles. The lowest BCUT2D eigenvalue weighted by molar-refractivity contribution is -0.137. The van der Waals surface area contributed by atoms with Gasteiger partial charge in [-0.2, -0.15) is 0 Å². The molecule has 0 aromatic carbocycles. The molecule has 2 heteroatoms. The van der Waals surface area contributed by atoms with E-state index in [1.54, 1.807) is 0 Å². The summed E-state index contributed by atoms with van der Waals surface area (Å²) in [4.78, 5) is 10.2. The Morgan fingerprint density at radius 3 is 2.75 bits per heavy atom. The van der Waals surface area contributed by atoms with Gasteiger partial charge >= 0.3 is 5.97 Å². The van der Waals surface area contributed by atoms with E-state index >= 15 is 0 Å². The number of hydrogen-bond donors (Lipinski definition) is 1. The van der Waals surface area contributed by atoms with Gasteiger partial charge in [0, 0.05) is 12.3 Å². The highest BCUT2D eigenvalue weighted by Gasteiger charge is 2.02. The van der Waals surface area contributed by atoms with Crippen LogP contribution in [0, 0.1) is 17.8 Å². The smallest absolute Gasteiger partial charge is 0.304 e. The Labute approximate surface area is 74.0 Å². The fourth-order valence-electron chi connectivity index (χ4n) is 0.825. The summed E-state index contributed by atoms with van der Waals surface area (Å²) >= 11 is 0. The van der Waals surface area contributed by atoms with Gasteiger partial charge in [0.2, 0.25) is 0 Å². The SMILES string of the molecule is CCCCC#CC(C)CC(=O)O. The summed E-state index contributed by atoms with van der Waals surface area (Å²) in [5.74, 6) is 5.11. The predicted octanol–water partition coefficient (Wildman–Crippen LogP) is 2.29. The van der Waals surface area contributed by atoms with Crippen LogP contribution >= 0.6 is 0 Å². The van der Waals surface area contributed by atoms with Gasteiger partial charge in [0.1, 0.15) is 0 Å². The number of hydrogen-bond acceptors (Lipinski definition) is 1. The van der Waals surface area contributed by atoms with Crippen LogP contribution in [-0.4, -0.2) is 11.1 Å². The van der Waals surface area contributed by atoms with Crippen LogP contribution in [0.2, 0.25) is 0 Å². The minimum atomic E-state index is -0.771. The minimum absolute atomic E-state index is 0.0145. The fourth-order valence-corrected chi connectivity index (χ4v) is 0.825. The first-order chi connectivity index (χ1) is 5.66. The van der Waals surface area contributed by atoms with E-state index in [1.807, 2.05) is 6.92 Å². The number of carboxylic acid groups (broad SMARTS) is 1. The molecule has 1 unspecified atom stereocenters. The molecule has 0 bridgehead atoms. The zero-order valence-corrected chi connectivity index (χ0v) is 7.76. The summed E-state index contributed by atoms with van der Waals surface area (Å²) in [6, 6.07) is 0. The van der Waals surface area contributed by atoms with Crippen LogP contribution in [0.1, 0.15) is 39.5 Å². The third-order valence-electron chi connectivity index (χ3n) is 1.48. The molecular weight excluding hydrogens is 152 g/mol. The van der Waals surface area contributed by atoms with Crippen molar-refractivity contribution in [3.05, 3.63) is 0 Å². The van der Waals surface area contributed by atoms with Gasteiger partial charge in [-0.05, 0) is 6.42 Å². The summed E-state index contributed by atoms with van der Waals surface area (Å²) in [6.45, 7) is 3.95. The number of carboxylic acids is 1. The standard InChI is InChI=1S/C10H16O2/c1-3-4-5-6-7-9(2)8-10(11)12/h9H,3-5,8H2,1-2H3,(H,11,12). The van der Waals surface area contributed by atoms with Crippen LogP contribution in [-0.2, 0) is 4.79 Å². The third kappa shape index (κ3) is 7.14. The van der Waals surface area contributed by atoms with Gasteiger partial charge < -0.3 is 5.11 Å². The Bertz CT molecular complexity index is 186. The molecule has 0 aliphatic carbocycles. The van der Waals surface area contributed by atoms with E-state index in [4.69, 9.17) is 5.11 Å². The molecule has 0 aromatic heterocycles. The van der Waals surface area contributed by atoms with Gasteiger partial charge in [-0.1, -0.05) is 26.2 Å². The number of unbranched alkanes of at least 4 members (excludes halogenated alkanes) is 2. The molecule has 0 radical (unpaired) electrons. The quantitative estimate of drug-likeness (QED) is 0.516. The molecule has 0 saturated heterocycles. The van der Waals surface area contributed by atoms with Crippen LogP contribution in [0.25, 0.3) is 0 Å². The molecule has 0 aliphatic heterocycles. The Morgan fingerprint density at radius 1 is 1.58 bits per heavy atom. The maximum Gasteiger partial charge on any atom is 0.304 e. The molecule has 12 heavy (non-hydrogen) atoms. The highest BCUT2D eigenvalue weighted by molar-refractivity contribution is 5.67. The van der Waals surface area contributed by atoms with Crippen molar-refractivity contribution in [3.8, 4) is 11.8 Å². The first-order valence-electron chi connectivity index (χ1n) is 4.37. The summed E-state index contributed by atoms with van der Waals surface area (Å²) in [7, 11) is 0. The van der Waals surface area contributed by atoms with Crippen molar-refractivity contribution in [3.63, 3.8) is 0 Å². The normalized spacial score (nSPS) is 11.5. The summed E-state index contributed by atoms with van der Waals surface area (Å²) in [6.07, 6.45) is 3.29. The minimum Gasteiger partial charge on any atom is -0.481 e. The monoisotopic (exact) mass is 168 g/mol. The molecule has 0 aromatic rings. The van der Waals surface area contributed by atoms with Gasteiger partial charge in [0.15, 0.2) is 0 Å². The molecular formula is C10H16O2. The lowest BCUT2D eigenvalue weighted by Crippen LogP contribution is -2.01. The Balaban J connectivity index is 3.56. The zero-order chi connectivity index (χ0) is 9.40. The van der Waals surface area contributed by atoms with Crippen LogP contribution in [0.3, 0.4) is 0 Å². The molecule has 0 rings (SSSR count). The van der Waals surface area contributed by atoms with Gasteiger partial charge in [-0.3, -0.25) is 4.79 Å². The second kappa shape index (κ2) is 6.72. The zero-order valence-electron chi connectivity index (χ0n) is 7.76. The van der Waals surface area contributed by atoms with E-state index in [1.165, 1.54) is 0 Å². The van der Waals surface area contributed by atoms with Crippen molar-refractivity contribution in [2.75, 3.05) is 0 Å². The first kappa shape index (κ1) is 11.0. The predicted molar refractivity (Wildman–Crippen MR) is 48.7 cm³/mol. The van der Waals surface area contributed by atoms with E-state index in [-0.39, 0.29) is 12.3 Å². The molecule has 2 nitrogen and oxygen atoms in total. The number of rotatable bonds is 4. The lowest BCUT2D eigenvalue weighted by Gasteiger charge is -1.96. The fraction of sp³-hybridized carbons (Fsp3) is 0.700. The summed E-state index contributed by atoms with van der Waals surface area (Å²) < 4.78 is 0. The maximum absolute atomic E-state index is 10.2. The average Bonchev–Trinajstić information content (AvgIpc) is 1.97. The van der Waals surface area contributed by atoms with E-state index in [2.05, 4.69) is 18.8 Å². The largest absolute Gasteiger partial charge is 0.481 e. The van der Waals surface area contributed by atoms with Crippen molar-refractivity contribution in [2.24, 2.45) is 5.92 Å². The highest BCUT2D eigenvalue weighted by Crippen LogP contribution is 1.99. The van der Waals surface area contributed by atoms with Gasteiger partial charge in [0.25, 0.3) is 0 Å². The van der Waals surface area contributed by atoms with Crippen molar-refractivity contribution in [2.45, 2.75) is 39.5 Å². The summed E-state index contributed by atoms with van der Waals surface area (Å²) in [5, 5.41) is 8.42. The van der Waals surface area contributed by atoms with Crippen molar-refractivity contribution in [1.82, 2.24) is 0 Å². The molecule has 1 atom stereocenters. The van der Waals surface area contributed by atoms with Crippen molar-refractivity contribution >= 4 is 5.97 Å². The third-order valence-corrected chi connectivity index (χ3v) is 1.48. The topological polar surface area (TPSA) is 37.3 Å². The van der Waals surface area contributed by atoms with Crippen LogP contribution in [0.15, 0.2) is 0 Å². The first-order valence-corrected chi connectivity index (χ1v) is 4.37. The molecule has 0 fully saturated rings. The second-order valence-corrected chi connectivity index (χ2v) is 2.92. The Kier molecular flexibility index (Phi) is 6.18. The van der Waals surface area contributed by atoms with Crippen LogP contribution in [0.4, 0.5) is 0 Å². The average molecular weight is 168 g/mol. The highest BCUT2D eigenvalue weighted by atomic mass is 16.4. The van der Waals surface area contributed by atoms with Crippen LogP contribution < -0.4 is 0 Å². The number of carbonyl (C=O) groups is 1. The van der Waals surface area contributed by atoms with Gasteiger partial charge in [0.05, 0.1) is 6.42 Å². The maximum atomic E-state index is 10.2. The second-order valence-electron chi connectivity index (χ2n) is 2.92. The van der Waals surface area contributed by atoms with Crippen molar-refractivity contribution in [1.29, 1.82) is 0 Å². The number of aliphatic carboxylic acids is 1. The molecule has 0 amide bonds. The Morgan fingerprint density at radius 2 is 2.25 bits per heavy atom. The van der Waals surface area contributed by atoms with E-state index in [0.29, 0.717) is 0 Å². The Hall–Kier alpha value is -0.970. The van der Waals surface area contributed by atoms with E-state index < -0.39 is 5.97 Å². The van der Waals surface area contributed by atoms with E-state index in [0.717, 1.165) is 19.3 Å². The molecule has 68 valence electrons. The van der Waals surface area contributed by atoms with Gasteiger partial charge in [-0.15, -0.1) is 5.92 Å². The molecule has 1 N–H and O–H groups in total. The molecule has 0 spiro atoms. The molecule has 0 aliphatic rings. The van der Waals surface area contributed by atoms with E-state index in [9.17, 15) is 4.79 Å². The van der Waals surface area contributed by atoms with Gasteiger partial charge in [-0.25, -0.2) is 0 Å². The van der Waals surface area contributed by atoms with Crippen LogP contribution in [0.5, 0.6) is 0 Å².